The molecule has 0 unspecified atom stereocenters. The number of aryl methyl sites for hydroxylation is 2. The van der Waals surface area contributed by atoms with E-state index in [4.69, 9.17) is 0 Å². The van der Waals surface area contributed by atoms with E-state index in [1.807, 2.05) is 55.7 Å². The molecule has 1 amide bonds. The number of nitrogens with zero attached hydrogens (tertiary/aromatic N) is 4. The molecule has 1 N–H and O–H groups in total. The van der Waals surface area contributed by atoms with Gasteiger partial charge in [0.25, 0.3) is 0 Å². The summed E-state index contributed by atoms with van der Waals surface area (Å²) in [5.74, 6) is 0.917. The average Bonchev–Trinajstić information content (AvgIpc) is 3.18. The number of amides is 1. The van der Waals surface area contributed by atoms with Crippen molar-refractivity contribution in [1.82, 2.24) is 19.3 Å². The molecule has 0 bridgehead atoms. The summed E-state index contributed by atoms with van der Waals surface area (Å²) in [4.78, 5) is 24.3. The van der Waals surface area contributed by atoms with Gasteiger partial charge in [0.05, 0.1) is 11.4 Å². The Morgan fingerprint density at radius 1 is 1.13 bits per heavy atom. The highest BCUT2D eigenvalue weighted by atomic mass is 32.2. The summed E-state index contributed by atoms with van der Waals surface area (Å²) in [6.45, 7) is 11.6. The number of anilines is 1. The molecule has 8 heteroatoms. The fraction of sp³-hybridized carbons (Fsp3) is 0.364. The molecule has 0 saturated carbocycles. The summed E-state index contributed by atoms with van der Waals surface area (Å²) in [6.07, 6.45) is 0. The van der Waals surface area contributed by atoms with Gasteiger partial charge in [-0.3, -0.25) is 14.2 Å². The molecule has 0 atom stereocenters. The van der Waals surface area contributed by atoms with E-state index in [1.54, 1.807) is 0 Å². The topological polar surface area (TPSA) is 81.8 Å². The minimum absolute atomic E-state index is 0.0687. The second kappa shape index (κ2) is 8.87. The molecule has 0 aliphatic rings. The van der Waals surface area contributed by atoms with E-state index in [0.29, 0.717) is 22.7 Å². The number of benzene rings is 1. The van der Waals surface area contributed by atoms with Gasteiger partial charge in [0.2, 0.25) is 5.91 Å². The van der Waals surface area contributed by atoms with Gasteiger partial charge in [0, 0.05) is 35.6 Å². The van der Waals surface area contributed by atoms with E-state index in [0.717, 1.165) is 22.6 Å². The molecule has 0 aliphatic carbocycles. The Morgan fingerprint density at radius 2 is 1.87 bits per heavy atom. The Balaban J connectivity index is 1.82. The molecule has 0 spiro atoms. The van der Waals surface area contributed by atoms with Crippen LogP contribution in [0.25, 0.3) is 5.69 Å². The number of hydrogen-bond acceptors (Lipinski definition) is 5. The molecule has 0 aliphatic heterocycles. The fourth-order valence-corrected chi connectivity index (χ4v) is 4.60. The average molecular weight is 426 g/mol. The standard InChI is InChI=1S/C22H27N5O2S/c1-13(2)26-14(3)10-20(15(26)4)21(29)12-30-22-25-24-16(5)27(22)19-9-7-8-18(11-19)23-17(6)28/h7-11,13H,12H2,1-6H3,(H,23,28). The van der Waals surface area contributed by atoms with Crippen LogP contribution >= 0.6 is 11.8 Å². The molecule has 3 aromatic rings. The Kier molecular flexibility index (Phi) is 6.45. The smallest absolute Gasteiger partial charge is 0.221 e. The number of aromatic nitrogens is 4. The van der Waals surface area contributed by atoms with Gasteiger partial charge in [0.1, 0.15) is 5.82 Å². The zero-order chi connectivity index (χ0) is 22.0. The summed E-state index contributed by atoms with van der Waals surface area (Å²) >= 11 is 1.36. The minimum atomic E-state index is -0.133. The molecule has 0 fully saturated rings. The van der Waals surface area contributed by atoms with Crippen molar-refractivity contribution >= 4 is 29.1 Å². The Bertz CT molecular complexity index is 1100. The first-order valence-electron chi connectivity index (χ1n) is 9.83. The van der Waals surface area contributed by atoms with Crippen LogP contribution in [0, 0.1) is 20.8 Å². The molecule has 0 radical (unpaired) electrons. The maximum atomic E-state index is 12.9. The number of rotatable bonds is 7. The predicted molar refractivity (Wildman–Crippen MR) is 120 cm³/mol. The van der Waals surface area contributed by atoms with Crippen LogP contribution in [-0.2, 0) is 4.79 Å². The van der Waals surface area contributed by atoms with Crippen LogP contribution in [0.5, 0.6) is 0 Å². The van der Waals surface area contributed by atoms with E-state index in [9.17, 15) is 9.59 Å². The van der Waals surface area contributed by atoms with Gasteiger partial charge >= 0.3 is 0 Å². The molecule has 158 valence electrons. The molecule has 30 heavy (non-hydrogen) atoms. The summed E-state index contributed by atoms with van der Waals surface area (Å²) in [6, 6.07) is 9.74. The lowest BCUT2D eigenvalue weighted by atomic mass is 10.2. The van der Waals surface area contributed by atoms with Crippen molar-refractivity contribution in [2.45, 2.75) is 52.7 Å². The van der Waals surface area contributed by atoms with E-state index in [1.165, 1.54) is 18.7 Å². The van der Waals surface area contributed by atoms with E-state index in [2.05, 4.69) is 33.9 Å². The van der Waals surface area contributed by atoms with Crippen molar-refractivity contribution in [2.24, 2.45) is 0 Å². The maximum Gasteiger partial charge on any atom is 0.221 e. The third-order valence-corrected chi connectivity index (χ3v) is 5.78. The molecule has 2 heterocycles. The first-order chi connectivity index (χ1) is 14.2. The van der Waals surface area contributed by atoms with Gasteiger partial charge in [-0.1, -0.05) is 17.8 Å². The van der Waals surface area contributed by atoms with Gasteiger partial charge < -0.3 is 9.88 Å². The number of ketones is 1. The van der Waals surface area contributed by atoms with Gasteiger partial charge in [-0.05, 0) is 58.9 Å². The van der Waals surface area contributed by atoms with Crippen molar-refractivity contribution in [2.75, 3.05) is 11.1 Å². The number of Topliss-reactive ketones (excluding diaryl/α,β-unsaturated/α-hetero) is 1. The van der Waals surface area contributed by atoms with Crippen LogP contribution in [0.2, 0.25) is 0 Å². The van der Waals surface area contributed by atoms with Gasteiger partial charge in [-0.25, -0.2) is 0 Å². The third-order valence-electron chi connectivity index (χ3n) is 4.85. The summed E-state index contributed by atoms with van der Waals surface area (Å²) < 4.78 is 4.07. The van der Waals surface area contributed by atoms with Crippen LogP contribution in [0.4, 0.5) is 5.69 Å². The molecular weight excluding hydrogens is 398 g/mol. The lowest BCUT2D eigenvalue weighted by molar-refractivity contribution is -0.114. The monoisotopic (exact) mass is 425 g/mol. The normalized spacial score (nSPS) is 11.2. The molecule has 7 nitrogen and oxygen atoms in total. The van der Waals surface area contributed by atoms with Crippen LogP contribution < -0.4 is 5.32 Å². The SMILES string of the molecule is CC(=O)Nc1cccc(-n2c(C)nnc2SCC(=O)c2cc(C)n(C(C)C)c2C)c1. The largest absolute Gasteiger partial charge is 0.346 e. The van der Waals surface area contributed by atoms with Crippen molar-refractivity contribution in [3.63, 3.8) is 0 Å². The van der Waals surface area contributed by atoms with Crippen LogP contribution in [0.3, 0.4) is 0 Å². The van der Waals surface area contributed by atoms with E-state index < -0.39 is 0 Å². The third kappa shape index (κ3) is 4.48. The van der Waals surface area contributed by atoms with Crippen LogP contribution in [-0.4, -0.2) is 36.8 Å². The Hall–Kier alpha value is -2.87. The quantitative estimate of drug-likeness (QED) is 0.445. The minimum Gasteiger partial charge on any atom is -0.346 e. The van der Waals surface area contributed by atoms with Crippen LogP contribution in [0.1, 0.15) is 54.4 Å². The van der Waals surface area contributed by atoms with Gasteiger partial charge in [-0.15, -0.1) is 10.2 Å². The Labute approximate surface area is 180 Å². The summed E-state index contributed by atoms with van der Waals surface area (Å²) in [5.41, 5.74) is 4.36. The second-order valence-corrected chi connectivity index (χ2v) is 8.50. The van der Waals surface area contributed by atoms with Gasteiger partial charge in [-0.2, -0.15) is 0 Å². The molecule has 2 aromatic heterocycles. The summed E-state index contributed by atoms with van der Waals surface area (Å²) in [5, 5.41) is 11.9. The van der Waals surface area contributed by atoms with Crippen molar-refractivity contribution < 1.29 is 9.59 Å². The van der Waals surface area contributed by atoms with Crippen LogP contribution in [0.15, 0.2) is 35.5 Å². The van der Waals surface area contributed by atoms with Crippen molar-refractivity contribution in [3.05, 3.63) is 53.1 Å². The van der Waals surface area contributed by atoms with E-state index in [-0.39, 0.29) is 17.4 Å². The van der Waals surface area contributed by atoms with Crippen molar-refractivity contribution in [3.8, 4) is 5.69 Å². The highest BCUT2D eigenvalue weighted by Gasteiger charge is 2.19. The molecule has 1 aromatic carbocycles. The number of carbonyl (C=O) groups is 2. The lowest BCUT2D eigenvalue weighted by Gasteiger charge is -2.13. The van der Waals surface area contributed by atoms with E-state index >= 15 is 0 Å². The number of thioether (sulfide) groups is 1. The summed E-state index contributed by atoms with van der Waals surface area (Å²) in [7, 11) is 0. The fourth-order valence-electron chi connectivity index (χ4n) is 3.72. The number of hydrogen-bond donors (Lipinski definition) is 1. The molecular formula is C22H27N5O2S. The number of nitrogens with one attached hydrogen (secondary N) is 1. The maximum absolute atomic E-state index is 12.9. The first-order valence-corrected chi connectivity index (χ1v) is 10.8. The lowest BCUT2D eigenvalue weighted by Crippen LogP contribution is -2.09. The highest BCUT2D eigenvalue weighted by molar-refractivity contribution is 7.99. The molecule has 0 saturated heterocycles. The van der Waals surface area contributed by atoms with Crippen molar-refractivity contribution in [1.29, 1.82) is 0 Å². The van der Waals surface area contributed by atoms with Gasteiger partial charge in [0.15, 0.2) is 10.9 Å². The number of carbonyl (C=O) groups excluding carboxylic acids is 2. The Morgan fingerprint density at radius 3 is 2.50 bits per heavy atom. The molecule has 3 rings (SSSR count). The zero-order valence-corrected chi connectivity index (χ0v) is 19.0. The first kappa shape index (κ1) is 21.8. The predicted octanol–water partition coefficient (Wildman–Crippen LogP) is 4.51. The zero-order valence-electron chi connectivity index (χ0n) is 18.2. The second-order valence-electron chi connectivity index (χ2n) is 7.56. The highest BCUT2D eigenvalue weighted by Crippen LogP contribution is 2.26.